The number of allylic oxidation sites excluding steroid dienone is 4. The van der Waals surface area contributed by atoms with Gasteiger partial charge in [-0.05, 0) is 79.4 Å². The SMILES string of the molecule is C/C(=C/C=C(\C)c1cc(S)ccc1OCc1ccc(F)cc1)Cc1cccc(C(N)=O)c1. The van der Waals surface area contributed by atoms with Crippen LogP contribution in [-0.2, 0) is 13.0 Å². The van der Waals surface area contributed by atoms with Gasteiger partial charge in [0, 0.05) is 16.0 Å². The van der Waals surface area contributed by atoms with Gasteiger partial charge in [0.15, 0.2) is 0 Å². The predicted molar refractivity (Wildman–Crippen MR) is 130 cm³/mol. The minimum Gasteiger partial charge on any atom is -0.488 e. The van der Waals surface area contributed by atoms with Crippen LogP contribution in [0.15, 0.2) is 89.4 Å². The van der Waals surface area contributed by atoms with Gasteiger partial charge in [-0.15, -0.1) is 12.6 Å². The van der Waals surface area contributed by atoms with Crippen molar-refractivity contribution in [1.29, 1.82) is 0 Å². The van der Waals surface area contributed by atoms with Crippen LogP contribution in [0.4, 0.5) is 4.39 Å². The third-order valence-corrected chi connectivity index (χ3v) is 5.29. The molecule has 0 bridgehead atoms. The Balaban J connectivity index is 1.76. The number of nitrogens with two attached hydrogens (primary N) is 1. The molecule has 3 rings (SSSR count). The molecule has 0 radical (unpaired) electrons. The van der Waals surface area contributed by atoms with E-state index in [1.165, 1.54) is 12.1 Å². The highest BCUT2D eigenvalue weighted by atomic mass is 32.1. The Morgan fingerprint density at radius 3 is 2.47 bits per heavy atom. The number of carbonyl (C=O) groups is 1. The maximum Gasteiger partial charge on any atom is 0.248 e. The number of primary amides is 1. The Bertz CT molecular complexity index is 1170. The average Bonchev–Trinajstić information content (AvgIpc) is 2.78. The molecule has 0 fully saturated rings. The molecule has 0 heterocycles. The number of amides is 1. The monoisotopic (exact) mass is 447 g/mol. The van der Waals surface area contributed by atoms with E-state index in [1.807, 2.05) is 56.3 Å². The lowest BCUT2D eigenvalue weighted by Crippen LogP contribution is -2.10. The Labute approximate surface area is 193 Å². The summed E-state index contributed by atoms with van der Waals surface area (Å²) in [5.74, 6) is 0.0428. The number of hydrogen-bond acceptors (Lipinski definition) is 3. The average molecular weight is 448 g/mol. The first-order valence-corrected chi connectivity index (χ1v) is 10.7. The molecule has 1 amide bonds. The number of thiol groups is 1. The van der Waals surface area contributed by atoms with Crippen LogP contribution in [0.3, 0.4) is 0 Å². The Morgan fingerprint density at radius 2 is 1.75 bits per heavy atom. The zero-order valence-corrected chi connectivity index (χ0v) is 19.0. The molecule has 0 saturated heterocycles. The maximum atomic E-state index is 13.1. The highest BCUT2D eigenvalue weighted by molar-refractivity contribution is 7.80. The maximum absolute atomic E-state index is 13.1. The second-order valence-corrected chi connectivity index (χ2v) is 8.22. The van der Waals surface area contributed by atoms with Crippen LogP contribution in [0.25, 0.3) is 5.57 Å². The quantitative estimate of drug-likeness (QED) is 0.311. The molecule has 3 aromatic carbocycles. The highest BCUT2D eigenvalue weighted by Crippen LogP contribution is 2.29. The number of hydrogen-bond donors (Lipinski definition) is 2. The Hall–Kier alpha value is -3.31. The standard InChI is InChI=1S/C27H26FNO2S/c1-18(14-21-4-3-5-22(15-21)27(29)30)6-7-19(2)25-16-24(32)12-13-26(25)31-17-20-8-10-23(28)11-9-20/h3-13,15-16,32H,14,17H2,1-2H3,(H2,29,30)/b18-6-,19-7+. The molecule has 3 nitrogen and oxygen atoms in total. The smallest absolute Gasteiger partial charge is 0.248 e. The summed E-state index contributed by atoms with van der Waals surface area (Å²) in [4.78, 5) is 12.2. The molecule has 0 aliphatic heterocycles. The molecule has 5 heteroatoms. The number of rotatable bonds is 8. The van der Waals surface area contributed by atoms with Crippen LogP contribution in [0.2, 0.25) is 0 Å². The zero-order valence-electron chi connectivity index (χ0n) is 18.1. The number of ether oxygens (including phenoxy) is 1. The van der Waals surface area contributed by atoms with Gasteiger partial charge in [0.05, 0.1) is 0 Å². The van der Waals surface area contributed by atoms with Crippen LogP contribution in [0.1, 0.15) is 40.9 Å². The van der Waals surface area contributed by atoms with Gasteiger partial charge in [-0.3, -0.25) is 4.79 Å². The minimum atomic E-state index is -0.427. The van der Waals surface area contributed by atoms with E-state index in [1.54, 1.807) is 18.2 Å². The Morgan fingerprint density at radius 1 is 1.00 bits per heavy atom. The summed E-state index contributed by atoms with van der Waals surface area (Å²) in [6.07, 6.45) is 4.81. The van der Waals surface area contributed by atoms with Gasteiger partial charge in [-0.25, -0.2) is 4.39 Å². The fraction of sp³-hybridized carbons (Fsp3) is 0.148. The van der Waals surface area contributed by atoms with Crippen LogP contribution in [-0.4, -0.2) is 5.91 Å². The number of benzene rings is 3. The van der Waals surface area contributed by atoms with Gasteiger partial charge in [0.25, 0.3) is 0 Å². The lowest BCUT2D eigenvalue weighted by Gasteiger charge is -2.13. The minimum absolute atomic E-state index is 0.267. The van der Waals surface area contributed by atoms with E-state index in [9.17, 15) is 9.18 Å². The van der Waals surface area contributed by atoms with Crippen molar-refractivity contribution in [3.63, 3.8) is 0 Å². The largest absolute Gasteiger partial charge is 0.488 e. The molecule has 0 spiro atoms. The third kappa shape index (κ3) is 6.59. The molecule has 3 aromatic rings. The molecule has 0 saturated carbocycles. The summed E-state index contributed by atoms with van der Waals surface area (Å²) < 4.78 is 19.1. The Kier molecular flexibility index (Phi) is 7.90. The highest BCUT2D eigenvalue weighted by Gasteiger charge is 2.07. The van der Waals surface area contributed by atoms with Crippen molar-refractivity contribution in [2.24, 2.45) is 5.73 Å². The molecule has 0 aromatic heterocycles. The van der Waals surface area contributed by atoms with E-state index in [0.717, 1.165) is 38.5 Å². The first-order chi connectivity index (χ1) is 15.3. The van der Waals surface area contributed by atoms with Crippen molar-refractivity contribution >= 4 is 24.1 Å². The summed E-state index contributed by atoms with van der Waals surface area (Å²) in [7, 11) is 0. The van der Waals surface area contributed by atoms with Crippen LogP contribution < -0.4 is 10.5 Å². The van der Waals surface area contributed by atoms with Crippen LogP contribution >= 0.6 is 12.6 Å². The fourth-order valence-corrected chi connectivity index (χ4v) is 3.47. The third-order valence-electron chi connectivity index (χ3n) is 5.01. The molecule has 0 aliphatic carbocycles. The van der Waals surface area contributed by atoms with Crippen LogP contribution in [0.5, 0.6) is 5.75 Å². The van der Waals surface area contributed by atoms with Crippen molar-refractivity contribution in [3.05, 3.63) is 113 Å². The van der Waals surface area contributed by atoms with Crippen molar-refractivity contribution in [2.45, 2.75) is 31.8 Å². The van der Waals surface area contributed by atoms with Crippen LogP contribution in [0, 0.1) is 5.82 Å². The van der Waals surface area contributed by atoms with E-state index in [0.29, 0.717) is 18.6 Å². The first-order valence-electron chi connectivity index (χ1n) is 10.3. The number of carbonyl (C=O) groups excluding carboxylic acids is 1. The van der Waals surface area contributed by atoms with Gasteiger partial charge in [0.2, 0.25) is 5.91 Å². The predicted octanol–water partition coefficient (Wildman–Crippen LogP) is 6.38. The molecule has 32 heavy (non-hydrogen) atoms. The summed E-state index contributed by atoms with van der Waals surface area (Å²) >= 11 is 4.47. The molecule has 0 unspecified atom stereocenters. The summed E-state index contributed by atoms with van der Waals surface area (Å²) in [5, 5.41) is 0. The molecular weight excluding hydrogens is 421 g/mol. The van der Waals surface area contributed by atoms with Crippen molar-refractivity contribution in [2.75, 3.05) is 0 Å². The fourth-order valence-electron chi connectivity index (χ4n) is 3.27. The summed E-state index contributed by atoms with van der Waals surface area (Å²) in [6.45, 7) is 4.41. The van der Waals surface area contributed by atoms with Gasteiger partial charge in [-0.2, -0.15) is 0 Å². The van der Waals surface area contributed by atoms with Crippen molar-refractivity contribution < 1.29 is 13.9 Å². The number of halogens is 1. The second-order valence-electron chi connectivity index (χ2n) is 7.70. The van der Waals surface area contributed by atoms with Gasteiger partial charge < -0.3 is 10.5 Å². The van der Waals surface area contributed by atoms with E-state index in [4.69, 9.17) is 10.5 Å². The lowest BCUT2D eigenvalue weighted by atomic mass is 10.0. The van der Waals surface area contributed by atoms with E-state index in [-0.39, 0.29) is 5.82 Å². The van der Waals surface area contributed by atoms with Crippen molar-refractivity contribution in [3.8, 4) is 5.75 Å². The zero-order chi connectivity index (χ0) is 23.1. The molecule has 0 aliphatic rings. The topological polar surface area (TPSA) is 52.3 Å². The second kappa shape index (κ2) is 10.8. The summed E-state index contributed by atoms with van der Waals surface area (Å²) in [6, 6.07) is 19.4. The molecule has 2 N–H and O–H groups in total. The van der Waals surface area contributed by atoms with E-state index in [2.05, 4.69) is 18.7 Å². The lowest BCUT2D eigenvalue weighted by molar-refractivity contribution is 0.1000. The van der Waals surface area contributed by atoms with Gasteiger partial charge in [0.1, 0.15) is 18.2 Å². The first kappa shape index (κ1) is 23.4. The summed E-state index contributed by atoms with van der Waals surface area (Å²) in [5.41, 5.74) is 10.9. The molecule has 0 atom stereocenters. The van der Waals surface area contributed by atoms with Crippen molar-refractivity contribution in [1.82, 2.24) is 0 Å². The molecular formula is C27H26FNO2S. The molecule has 164 valence electrons. The van der Waals surface area contributed by atoms with E-state index >= 15 is 0 Å². The van der Waals surface area contributed by atoms with Gasteiger partial charge >= 0.3 is 0 Å². The van der Waals surface area contributed by atoms with Gasteiger partial charge in [-0.1, -0.05) is 42.0 Å². The van der Waals surface area contributed by atoms with E-state index < -0.39 is 5.91 Å². The normalized spacial score (nSPS) is 12.0.